The summed E-state index contributed by atoms with van der Waals surface area (Å²) in [4.78, 5) is 2.10. The molecule has 2 aliphatic rings. The van der Waals surface area contributed by atoms with Gasteiger partial charge in [-0.2, -0.15) is 0 Å². The Morgan fingerprint density at radius 1 is 1.39 bits per heavy atom. The summed E-state index contributed by atoms with van der Waals surface area (Å²) in [7, 11) is 0. The van der Waals surface area contributed by atoms with Gasteiger partial charge in [0.25, 0.3) is 0 Å². The van der Waals surface area contributed by atoms with Crippen molar-refractivity contribution in [1.29, 1.82) is 0 Å². The van der Waals surface area contributed by atoms with Crippen molar-refractivity contribution < 1.29 is 22.6 Å². The summed E-state index contributed by atoms with van der Waals surface area (Å²) in [5, 5.41) is 0. The second kappa shape index (κ2) is 4.98. The topological polar surface area (TPSA) is 21.7 Å². The van der Waals surface area contributed by atoms with Crippen molar-refractivity contribution in [3.8, 4) is 0 Å². The third kappa shape index (κ3) is 3.16. The van der Waals surface area contributed by atoms with Crippen LogP contribution in [0.5, 0.6) is 0 Å². The molecule has 2 saturated heterocycles. The van der Waals surface area contributed by atoms with Gasteiger partial charge in [0.1, 0.15) is 0 Å². The van der Waals surface area contributed by atoms with E-state index in [1.165, 1.54) is 0 Å². The molecular formula is C12H20F3NO2. The normalized spacial score (nSPS) is 33.3. The van der Waals surface area contributed by atoms with Crippen LogP contribution in [-0.4, -0.2) is 48.7 Å². The Kier molecular flexibility index (Phi) is 3.90. The summed E-state index contributed by atoms with van der Waals surface area (Å²) >= 11 is 0. The lowest BCUT2D eigenvalue weighted by molar-refractivity contribution is -0.341. The van der Waals surface area contributed by atoms with E-state index in [1.54, 1.807) is 0 Å². The fourth-order valence-electron chi connectivity index (χ4n) is 3.06. The van der Waals surface area contributed by atoms with Crippen molar-refractivity contribution in [1.82, 2.24) is 4.90 Å². The van der Waals surface area contributed by atoms with Gasteiger partial charge in [0.2, 0.25) is 0 Å². The Hall–Kier alpha value is -0.330. The van der Waals surface area contributed by atoms with Gasteiger partial charge < -0.3 is 4.74 Å². The molecule has 0 bridgehead atoms. The number of nitrogens with zero attached hydrogens (tertiary/aromatic N) is 1. The molecule has 0 unspecified atom stereocenters. The fourth-order valence-corrected chi connectivity index (χ4v) is 3.06. The van der Waals surface area contributed by atoms with E-state index in [2.05, 4.69) is 9.64 Å². The summed E-state index contributed by atoms with van der Waals surface area (Å²) in [5.41, 5.74) is -0.236. The molecule has 0 spiro atoms. The molecule has 0 radical (unpaired) electrons. The van der Waals surface area contributed by atoms with Crippen LogP contribution in [0.4, 0.5) is 13.2 Å². The van der Waals surface area contributed by atoms with Crippen molar-refractivity contribution in [2.24, 2.45) is 0 Å². The molecular weight excluding hydrogens is 247 g/mol. The zero-order valence-electron chi connectivity index (χ0n) is 10.8. The van der Waals surface area contributed by atoms with E-state index in [-0.39, 0.29) is 11.6 Å². The Balaban J connectivity index is 1.96. The predicted molar refractivity (Wildman–Crippen MR) is 60.2 cm³/mol. The van der Waals surface area contributed by atoms with Crippen molar-refractivity contribution in [2.75, 3.05) is 19.7 Å². The van der Waals surface area contributed by atoms with E-state index in [9.17, 15) is 13.2 Å². The van der Waals surface area contributed by atoms with E-state index in [4.69, 9.17) is 4.74 Å². The first-order valence-corrected chi connectivity index (χ1v) is 6.42. The molecule has 2 atom stereocenters. The van der Waals surface area contributed by atoms with Crippen molar-refractivity contribution in [3.05, 3.63) is 0 Å². The highest BCUT2D eigenvalue weighted by Crippen LogP contribution is 2.41. The third-order valence-corrected chi connectivity index (χ3v) is 3.76. The predicted octanol–water partition coefficient (Wildman–Crippen LogP) is 2.55. The first-order valence-electron chi connectivity index (χ1n) is 6.42. The van der Waals surface area contributed by atoms with Crippen LogP contribution in [0.3, 0.4) is 0 Å². The number of rotatable bonds is 4. The molecule has 6 heteroatoms. The standard InChI is InChI=1S/C12H20F3NO2/c1-9(2)17-8-11-4-3-5-16(11)7-10(6-11)18-12(13,14)15/h9-10H,3-8H2,1-2H3/t10-,11+/m0/s1. The van der Waals surface area contributed by atoms with E-state index in [1.807, 2.05) is 13.8 Å². The minimum Gasteiger partial charge on any atom is -0.377 e. The van der Waals surface area contributed by atoms with Gasteiger partial charge >= 0.3 is 6.36 Å². The van der Waals surface area contributed by atoms with Gasteiger partial charge in [0.15, 0.2) is 0 Å². The molecule has 0 aromatic rings. The molecule has 0 amide bonds. The van der Waals surface area contributed by atoms with E-state index in [0.29, 0.717) is 19.6 Å². The van der Waals surface area contributed by atoms with Gasteiger partial charge in [-0.15, -0.1) is 13.2 Å². The maximum Gasteiger partial charge on any atom is 0.522 e. The average Bonchev–Trinajstić information content (AvgIpc) is 2.68. The number of hydrogen-bond acceptors (Lipinski definition) is 3. The monoisotopic (exact) mass is 267 g/mol. The van der Waals surface area contributed by atoms with Crippen LogP contribution in [0.1, 0.15) is 33.1 Å². The number of ether oxygens (including phenoxy) is 2. The molecule has 0 saturated carbocycles. The van der Waals surface area contributed by atoms with Gasteiger partial charge in [-0.05, 0) is 39.7 Å². The lowest BCUT2D eigenvalue weighted by Crippen LogP contribution is -2.43. The highest BCUT2D eigenvalue weighted by molar-refractivity contribution is 5.04. The van der Waals surface area contributed by atoms with Crippen LogP contribution in [-0.2, 0) is 9.47 Å². The van der Waals surface area contributed by atoms with Gasteiger partial charge in [0, 0.05) is 12.1 Å². The fraction of sp³-hybridized carbons (Fsp3) is 1.00. The van der Waals surface area contributed by atoms with Crippen molar-refractivity contribution in [3.63, 3.8) is 0 Å². The Morgan fingerprint density at radius 3 is 2.72 bits per heavy atom. The minimum atomic E-state index is -4.54. The largest absolute Gasteiger partial charge is 0.522 e. The number of fused-ring (bicyclic) bond motifs is 1. The zero-order chi connectivity index (χ0) is 13.4. The van der Waals surface area contributed by atoms with Crippen molar-refractivity contribution in [2.45, 2.75) is 57.2 Å². The molecule has 0 aliphatic carbocycles. The van der Waals surface area contributed by atoms with Crippen LogP contribution in [0, 0.1) is 0 Å². The molecule has 2 rings (SSSR count). The zero-order valence-corrected chi connectivity index (χ0v) is 10.8. The second-order valence-corrected chi connectivity index (χ2v) is 5.52. The van der Waals surface area contributed by atoms with Crippen LogP contribution in [0.15, 0.2) is 0 Å². The highest BCUT2D eigenvalue weighted by Gasteiger charge is 2.51. The van der Waals surface area contributed by atoms with Crippen LogP contribution in [0.25, 0.3) is 0 Å². The first-order chi connectivity index (χ1) is 8.31. The molecule has 3 nitrogen and oxygen atoms in total. The maximum atomic E-state index is 12.3. The van der Waals surface area contributed by atoms with E-state index >= 15 is 0 Å². The van der Waals surface area contributed by atoms with Gasteiger partial charge in [0.05, 0.1) is 18.8 Å². The van der Waals surface area contributed by atoms with Gasteiger partial charge in [-0.25, -0.2) is 0 Å². The van der Waals surface area contributed by atoms with Crippen LogP contribution >= 0.6 is 0 Å². The van der Waals surface area contributed by atoms with Gasteiger partial charge in [-0.3, -0.25) is 9.64 Å². The van der Waals surface area contributed by atoms with E-state index < -0.39 is 12.5 Å². The summed E-state index contributed by atoms with van der Waals surface area (Å²) in [6, 6.07) is 0. The molecule has 106 valence electrons. The summed E-state index contributed by atoms with van der Waals surface area (Å²) in [6.45, 7) is 5.59. The Bertz CT molecular complexity index is 296. The summed E-state index contributed by atoms with van der Waals surface area (Å²) in [6.07, 6.45) is -2.84. The van der Waals surface area contributed by atoms with Crippen LogP contribution < -0.4 is 0 Å². The highest BCUT2D eigenvalue weighted by atomic mass is 19.4. The number of alkyl halides is 3. The quantitative estimate of drug-likeness (QED) is 0.781. The molecule has 0 N–H and O–H groups in total. The smallest absolute Gasteiger partial charge is 0.377 e. The summed E-state index contributed by atoms with van der Waals surface area (Å²) in [5.74, 6) is 0. The lowest BCUT2D eigenvalue weighted by Gasteiger charge is -2.32. The maximum absolute atomic E-state index is 12.3. The van der Waals surface area contributed by atoms with Crippen molar-refractivity contribution >= 4 is 0 Å². The molecule has 18 heavy (non-hydrogen) atoms. The Morgan fingerprint density at radius 2 is 2.11 bits per heavy atom. The first kappa shape index (κ1) is 14.1. The summed E-state index contributed by atoms with van der Waals surface area (Å²) < 4.78 is 46.6. The molecule has 2 heterocycles. The van der Waals surface area contributed by atoms with Crippen LogP contribution in [0.2, 0.25) is 0 Å². The molecule has 2 aliphatic heterocycles. The van der Waals surface area contributed by atoms with Gasteiger partial charge in [-0.1, -0.05) is 0 Å². The number of hydrogen-bond donors (Lipinski definition) is 0. The second-order valence-electron chi connectivity index (χ2n) is 5.52. The Labute approximate surface area is 105 Å². The molecule has 2 fully saturated rings. The lowest BCUT2D eigenvalue weighted by atomic mass is 9.94. The minimum absolute atomic E-state index is 0.101. The number of halogens is 3. The average molecular weight is 267 g/mol. The molecule has 0 aromatic carbocycles. The SMILES string of the molecule is CC(C)OC[C@]12CCCN1C[C@@H](OC(F)(F)F)C2. The third-order valence-electron chi connectivity index (χ3n) is 3.76. The van der Waals surface area contributed by atoms with E-state index in [0.717, 1.165) is 19.4 Å². The molecule has 0 aromatic heterocycles.